The summed E-state index contributed by atoms with van der Waals surface area (Å²) in [4.78, 5) is 43.9. The van der Waals surface area contributed by atoms with Gasteiger partial charge in [0.1, 0.15) is 17.5 Å². The van der Waals surface area contributed by atoms with E-state index in [0.717, 1.165) is 45.1 Å². The fourth-order valence-electron chi connectivity index (χ4n) is 6.37. The Morgan fingerprint density at radius 1 is 0.774 bits per heavy atom. The normalized spacial score (nSPS) is 12.8. The van der Waals surface area contributed by atoms with Crippen LogP contribution in [-0.2, 0) is 35.5 Å². The third kappa shape index (κ3) is 8.76. The minimum atomic E-state index is -0.994. The number of amides is 2. The van der Waals surface area contributed by atoms with Crippen LogP contribution in [0.1, 0.15) is 43.0 Å². The third-order valence-electron chi connectivity index (χ3n) is 9.27. The van der Waals surface area contributed by atoms with E-state index in [-0.39, 0.29) is 27.9 Å². The molecule has 0 fully saturated rings. The van der Waals surface area contributed by atoms with Crippen molar-refractivity contribution in [1.82, 2.24) is 5.32 Å². The van der Waals surface area contributed by atoms with E-state index in [0.29, 0.717) is 31.6 Å². The summed E-state index contributed by atoms with van der Waals surface area (Å²) in [5, 5.41) is 3.05. The Hall–Kier alpha value is -5.51. The fourth-order valence-corrected chi connectivity index (χ4v) is 6.94. The molecule has 0 unspecified atom stereocenters. The Labute approximate surface area is 319 Å². The number of hydrogen-bond acceptors (Lipinski definition) is 7. The Morgan fingerprint density at radius 2 is 1.34 bits per heavy atom. The van der Waals surface area contributed by atoms with Crippen molar-refractivity contribution in [2.24, 2.45) is 0 Å². The minimum Gasteiger partial charge on any atom is -0.497 e. The van der Waals surface area contributed by atoms with Gasteiger partial charge in [-0.3, -0.25) is 9.59 Å². The van der Waals surface area contributed by atoms with Gasteiger partial charge in [-0.25, -0.2) is 4.79 Å². The summed E-state index contributed by atoms with van der Waals surface area (Å²) < 4.78 is 15.7. The second-order valence-electron chi connectivity index (χ2n) is 12.6. The van der Waals surface area contributed by atoms with Gasteiger partial charge in [-0.15, -0.1) is 0 Å². The number of fused-ring (bicyclic) bond motifs is 1. The number of nitrogens with zero attached hydrogens (tertiary/aromatic N) is 2. The lowest BCUT2D eigenvalue weighted by Crippen LogP contribution is -2.43. The largest absolute Gasteiger partial charge is 0.497 e. The number of benzene rings is 5. The van der Waals surface area contributed by atoms with Crippen LogP contribution in [0.15, 0.2) is 109 Å². The Kier molecular flexibility index (Phi) is 11.9. The molecule has 0 saturated heterocycles. The second-order valence-corrected chi connectivity index (χ2v) is 13.4. The average Bonchev–Trinajstić information content (AvgIpc) is 3.18. The average molecular weight is 753 g/mol. The SMILES string of the molecule is COC(=O)[C@H](Cc1ccc(N2CCc3ccc(N(Cc4ccc(OC)cc4)Cc4ccc(OC)cc4)cc3C2=O)cc1)NC(=O)c1c(Cl)cccc1Cl. The summed E-state index contributed by atoms with van der Waals surface area (Å²) in [6.07, 6.45) is 0.847. The summed E-state index contributed by atoms with van der Waals surface area (Å²) in [5.41, 5.74) is 6.35. The number of anilines is 2. The van der Waals surface area contributed by atoms with E-state index < -0.39 is 17.9 Å². The standard InChI is InChI=1S/C42H39Cl2N3O6/c1-51-33-17-9-28(10-18-33)25-46(26-29-11-19-34(52-2)20-12-29)32-16-13-30-21-22-47(41(49)35(30)24-32)31-14-7-27(8-15-31)23-38(42(50)53-3)45-40(48)39-36(43)5-4-6-37(39)44/h4-20,24,38H,21-23,25-26H2,1-3H3,(H,45,48)/t38-/m0/s1. The summed E-state index contributed by atoms with van der Waals surface area (Å²) in [7, 11) is 4.56. The van der Waals surface area contributed by atoms with Gasteiger partial charge in [0.2, 0.25) is 0 Å². The van der Waals surface area contributed by atoms with Crippen LogP contribution < -0.4 is 24.6 Å². The Bertz CT molecular complexity index is 2020. The smallest absolute Gasteiger partial charge is 0.328 e. The number of ether oxygens (including phenoxy) is 3. The van der Waals surface area contributed by atoms with Gasteiger partial charge in [0.15, 0.2) is 0 Å². The molecule has 1 aliphatic rings. The first kappa shape index (κ1) is 37.3. The molecule has 0 saturated carbocycles. The number of carbonyl (C=O) groups excluding carboxylic acids is 3. The number of hydrogen-bond donors (Lipinski definition) is 1. The molecule has 5 aromatic carbocycles. The van der Waals surface area contributed by atoms with Gasteiger partial charge in [-0.2, -0.15) is 0 Å². The monoisotopic (exact) mass is 751 g/mol. The molecule has 5 aromatic rings. The topological polar surface area (TPSA) is 97.4 Å². The van der Waals surface area contributed by atoms with Crippen LogP contribution in [0.4, 0.5) is 11.4 Å². The molecule has 0 radical (unpaired) electrons. The first-order valence-electron chi connectivity index (χ1n) is 17.0. The highest BCUT2D eigenvalue weighted by molar-refractivity contribution is 6.39. The predicted octanol–water partition coefficient (Wildman–Crippen LogP) is 7.93. The predicted molar refractivity (Wildman–Crippen MR) is 208 cm³/mol. The van der Waals surface area contributed by atoms with Crippen LogP contribution >= 0.6 is 23.2 Å². The van der Waals surface area contributed by atoms with Crippen molar-refractivity contribution in [1.29, 1.82) is 0 Å². The molecule has 0 aliphatic carbocycles. The summed E-state index contributed by atoms with van der Waals surface area (Å²) in [6.45, 7) is 1.75. The molecule has 0 bridgehead atoms. The Balaban J connectivity index is 1.20. The van der Waals surface area contributed by atoms with Crippen LogP contribution in [0.3, 0.4) is 0 Å². The Morgan fingerprint density at radius 3 is 1.89 bits per heavy atom. The number of methoxy groups -OCH3 is 3. The first-order chi connectivity index (χ1) is 25.7. The van der Waals surface area contributed by atoms with Crippen molar-refractivity contribution in [3.05, 3.63) is 153 Å². The zero-order valence-electron chi connectivity index (χ0n) is 29.6. The van der Waals surface area contributed by atoms with Gasteiger partial charge in [0.05, 0.1) is 36.9 Å². The van der Waals surface area contributed by atoms with E-state index in [4.69, 9.17) is 37.4 Å². The maximum Gasteiger partial charge on any atom is 0.328 e. The summed E-state index contributed by atoms with van der Waals surface area (Å²) in [5.74, 6) is 0.285. The van der Waals surface area contributed by atoms with Crippen LogP contribution in [0.2, 0.25) is 10.0 Å². The zero-order valence-corrected chi connectivity index (χ0v) is 31.1. The zero-order chi connectivity index (χ0) is 37.5. The van der Waals surface area contributed by atoms with E-state index in [9.17, 15) is 14.4 Å². The highest BCUT2D eigenvalue weighted by Crippen LogP contribution is 2.31. The molecule has 2 amide bonds. The fraction of sp³-hybridized carbons (Fsp3) is 0.214. The molecule has 1 aliphatic heterocycles. The van der Waals surface area contributed by atoms with Gasteiger partial charge in [-0.1, -0.05) is 71.7 Å². The molecule has 53 heavy (non-hydrogen) atoms. The van der Waals surface area contributed by atoms with E-state index in [1.807, 2.05) is 78.9 Å². The lowest BCUT2D eigenvalue weighted by atomic mass is 9.96. The van der Waals surface area contributed by atoms with Gasteiger partial charge >= 0.3 is 5.97 Å². The number of rotatable bonds is 13. The van der Waals surface area contributed by atoms with Crippen LogP contribution in [-0.4, -0.2) is 51.7 Å². The van der Waals surface area contributed by atoms with Crippen molar-refractivity contribution >= 4 is 52.4 Å². The van der Waals surface area contributed by atoms with Crippen LogP contribution in [0.25, 0.3) is 0 Å². The molecule has 9 nitrogen and oxygen atoms in total. The molecule has 11 heteroatoms. The highest BCUT2D eigenvalue weighted by Gasteiger charge is 2.28. The molecule has 1 heterocycles. The lowest BCUT2D eigenvalue weighted by molar-refractivity contribution is -0.142. The summed E-state index contributed by atoms with van der Waals surface area (Å²) in [6, 6.07) is 33.2. The van der Waals surface area contributed by atoms with Crippen molar-refractivity contribution in [3.8, 4) is 11.5 Å². The van der Waals surface area contributed by atoms with Crippen molar-refractivity contribution < 1.29 is 28.6 Å². The van der Waals surface area contributed by atoms with E-state index in [1.54, 1.807) is 37.3 Å². The molecular formula is C42H39Cl2N3O6. The second kappa shape index (κ2) is 16.9. The highest BCUT2D eigenvalue weighted by atomic mass is 35.5. The maximum absolute atomic E-state index is 14.1. The van der Waals surface area contributed by atoms with Gasteiger partial charge < -0.3 is 29.3 Å². The number of carbonyl (C=O) groups is 3. The quantitative estimate of drug-likeness (QED) is 0.122. The molecule has 1 N–H and O–H groups in total. The van der Waals surface area contributed by atoms with Crippen molar-refractivity contribution in [2.75, 3.05) is 37.7 Å². The van der Waals surface area contributed by atoms with Gasteiger partial charge in [0.25, 0.3) is 11.8 Å². The first-order valence-corrected chi connectivity index (χ1v) is 17.8. The van der Waals surface area contributed by atoms with Crippen LogP contribution in [0, 0.1) is 0 Å². The molecule has 272 valence electrons. The minimum absolute atomic E-state index is 0.0803. The lowest BCUT2D eigenvalue weighted by Gasteiger charge is -2.31. The molecular weight excluding hydrogens is 713 g/mol. The maximum atomic E-state index is 14.1. The van der Waals surface area contributed by atoms with Crippen molar-refractivity contribution in [3.63, 3.8) is 0 Å². The van der Waals surface area contributed by atoms with Crippen molar-refractivity contribution in [2.45, 2.75) is 32.0 Å². The van der Waals surface area contributed by atoms with Crippen LogP contribution in [0.5, 0.6) is 11.5 Å². The number of halogens is 2. The molecule has 0 aromatic heterocycles. The molecule has 6 rings (SSSR count). The number of esters is 1. The summed E-state index contributed by atoms with van der Waals surface area (Å²) >= 11 is 12.4. The molecule has 0 spiro atoms. The van der Waals surface area contributed by atoms with E-state index in [2.05, 4.69) is 22.3 Å². The third-order valence-corrected chi connectivity index (χ3v) is 9.90. The molecule has 1 atom stereocenters. The van der Waals surface area contributed by atoms with E-state index >= 15 is 0 Å². The number of nitrogens with one attached hydrogen (secondary N) is 1. The van der Waals surface area contributed by atoms with Gasteiger partial charge in [0, 0.05) is 43.0 Å². The van der Waals surface area contributed by atoms with Gasteiger partial charge in [-0.05, 0) is 89.3 Å². The van der Waals surface area contributed by atoms with E-state index in [1.165, 1.54) is 7.11 Å².